The molecule has 0 bridgehead atoms. The Kier molecular flexibility index (Phi) is 4.47. The molecule has 0 spiro atoms. The molecule has 3 heterocycles. The molecule has 1 saturated heterocycles. The third-order valence-corrected chi connectivity index (χ3v) is 3.72. The van der Waals surface area contributed by atoms with Gasteiger partial charge in [0.05, 0.1) is 6.54 Å². The van der Waals surface area contributed by atoms with E-state index in [1.54, 1.807) is 9.88 Å². The fraction of sp³-hybridized carbons (Fsp3) is 0.429. The van der Waals surface area contributed by atoms with E-state index >= 15 is 0 Å². The number of halogens is 3. The highest BCUT2D eigenvalue weighted by molar-refractivity contribution is 5.80. The van der Waals surface area contributed by atoms with Crippen LogP contribution >= 0.6 is 0 Å². The van der Waals surface area contributed by atoms with E-state index in [9.17, 15) is 22.8 Å². The molecular weight excluding hydrogens is 343 g/mol. The van der Waals surface area contributed by atoms with Crippen molar-refractivity contribution in [3.8, 4) is 11.5 Å². The normalized spacial score (nSPS) is 14.8. The standard InChI is InChI=1S/C14H14F3N5O3/c15-14(16,17)9-4-3-8(11(24)19-9)12-20-21-13(25-12)18-7-10(23)22-5-1-2-6-22/h3-4H,1-2,5-7H2,(H,18,21)(H,19,24). The van der Waals surface area contributed by atoms with Gasteiger partial charge in [0.25, 0.3) is 11.4 Å². The van der Waals surface area contributed by atoms with Gasteiger partial charge < -0.3 is 19.6 Å². The van der Waals surface area contributed by atoms with Crippen LogP contribution < -0.4 is 10.9 Å². The van der Waals surface area contributed by atoms with Crippen LogP contribution in [0.3, 0.4) is 0 Å². The Hall–Kier alpha value is -2.85. The van der Waals surface area contributed by atoms with Crippen molar-refractivity contribution in [3.05, 3.63) is 28.2 Å². The number of alkyl halides is 3. The largest absolute Gasteiger partial charge is 0.431 e. The lowest BCUT2D eigenvalue weighted by molar-refractivity contribution is -0.141. The van der Waals surface area contributed by atoms with Gasteiger partial charge >= 0.3 is 12.2 Å². The van der Waals surface area contributed by atoms with Gasteiger partial charge in [0.15, 0.2) is 0 Å². The Morgan fingerprint density at radius 3 is 2.64 bits per heavy atom. The van der Waals surface area contributed by atoms with E-state index in [4.69, 9.17) is 4.42 Å². The lowest BCUT2D eigenvalue weighted by Crippen LogP contribution is -2.33. The second-order valence-corrected chi connectivity index (χ2v) is 5.47. The number of rotatable bonds is 4. The topological polar surface area (TPSA) is 104 Å². The second kappa shape index (κ2) is 6.57. The van der Waals surface area contributed by atoms with E-state index in [-0.39, 0.29) is 29.9 Å². The van der Waals surface area contributed by atoms with Gasteiger partial charge in [0.1, 0.15) is 11.3 Å². The van der Waals surface area contributed by atoms with Crippen LogP contribution in [0.1, 0.15) is 18.5 Å². The van der Waals surface area contributed by atoms with Gasteiger partial charge in [-0.15, -0.1) is 5.10 Å². The maximum absolute atomic E-state index is 12.5. The number of anilines is 1. The minimum absolute atomic E-state index is 0.0506. The maximum Gasteiger partial charge on any atom is 0.431 e. The molecule has 0 aromatic carbocycles. The van der Waals surface area contributed by atoms with Crippen molar-refractivity contribution >= 4 is 11.9 Å². The molecule has 25 heavy (non-hydrogen) atoms. The number of aromatic amines is 1. The summed E-state index contributed by atoms with van der Waals surface area (Å²) in [5.74, 6) is -0.365. The summed E-state index contributed by atoms with van der Waals surface area (Å²) in [5.41, 5.74) is -2.37. The average molecular weight is 357 g/mol. The molecule has 0 radical (unpaired) electrons. The van der Waals surface area contributed by atoms with E-state index in [0.717, 1.165) is 18.9 Å². The van der Waals surface area contributed by atoms with Crippen LogP contribution in [0, 0.1) is 0 Å². The van der Waals surface area contributed by atoms with E-state index < -0.39 is 17.4 Å². The molecule has 2 aromatic heterocycles. The van der Waals surface area contributed by atoms with Gasteiger partial charge in [0, 0.05) is 13.1 Å². The minimum Gasteiger partial charge on any atom is -0.403 e. The number of carbonyl (C=O) groups excluding carboxylic acids is 1. The van der Waals surface area contributed by atoms with Gasteiger partial charge in [-0.25, -0.2) is 0 Å². The van der Waals surface area contributed by atoms with E-state index in [0.29, 0.717) is 19.2 Å². The Morgan fingerprint density at radius 2 is 2.00 bits per heavy atom. The fourth-order valence-corrected chi connectivity index (χ4v) is 2.44. The second-order valence-electron chi connectivity index (χ2n) is 5.47. The fourth-order valence-electron chi connectivity index (χ4n) is 2.44. The molecule has 2 N–H and O–H groups in total. The lowest BCUT2D eigenvalue weighted by atomic mass is 10.2. The van der Waals surface area contributed by atoms with Crippen molar-refractivity contribution < 1.29 is 22.4 Å². The zero-order chi connectivity index (χ0) is 18.0. The first-order chi connectivity index (χ1) is 11.8. The molecule has 11 heteroatoms. The van der Waals surface area contributed by atoms with Crippen molar-refractivity contribution in [2.45, 2.75) is 19.0 Å². The number of aromatic nitrogens is 3. The first-order valence-electron chi connectivity index (χ1n) is 7.50. The summed E-state index contributed by atoms with van der Waals surface area (Å²) in [6.07, 6.45) is -2.73. The SMILES string of the molecule is O=C(CNc1nnc(-c2ccc(C(F)(F)F)[nH]c2=O)o1)N1CCCC1. The third kappa shape index (κ3) is 3.80. The highest BCUT2D eigenvalue weighted by Gasteiger charge is 2.32. The molecule has 0 aliphatic carbocycles. The predicted octanol–water partition coefficient (Wildman–Crippen LogP) is 1.48. The number of hydrogen-bond acceptors (Lipinski definition) is 6. The van der Waals surface area contributed by atoms with E-state index in [2.05, 4.69) is 15.5 Å². The van der Waals surface area contributed by atoms with Gasteiger partial charge in [0.2, 0.25) is 5.91 Å². The lowest BCUT2D eigenvalue weighted by Gasteiger charge is -2.14. The van der Waals surface area contributed by atoms with Crippen molar-refractivity contribution in [2.24, 2.45) is 0 Å². The number of hydrogen-bond donors (Lipinski definition) is 2. The summed E-state index contributed by atoms with van der Waals surface area (Å²) < 4.78 is 42.8. The Morgan fingerprint density at radius 1 is 1.28 bits per heavy atom. The first-order valence-corrected chi connectivity index (χ1v) is 7.50. The molecule has 0 unspecified atom stereocenters. The number of nitrogens with one attached hydrogen (secondary N) is 2. The summed E-state index contributed by atoms with van der Waals surface area (Å²) >= 11 is 0. The van der Waals surface area contributed by atoms with Gasteiger partial charge in [-0.2, -0.15) is 13.2 Å². The molecule has 2 aromatic rings. The minimum atomic E-state index is -4.66. The zero-order valence-corrected chi connectivity index (χ0v) is 12.9. The number of likely N-dealkylation sites (tertiary alicyclic amines) is 1. The summed E-state index contributed by atoms with van der Waals surface area (Å²) in [4.78, 5) is 27.1. The van der Waals surface area contributed by atoms with Crippen LogP contribution in [0.25, 0.3) is 11.5 Å². The quantitative estimate of drug-likeness (QED) is 0.859. The van der Waals surface area contributed by atoms with Crippen molar-refractivity contribution in [1.29, 1.82) is 0 Å². The molecule has 3 rings (SSSR count). The number of nitrogens with zero attached hydrogens (tertiary/aromatic N) is 3. The Labute approximate surface area is 139 Å². The molecular formula is C14H14F3N5O3. The van der Waals surface area contributed by atoms with Gasteiger partial charge in [-0.05, 0) is 25.0 Å². The Balaban J connectivity index is 1.69. The first kappa shape index (κ1) is 17.0. The summed E-state index contributed by atoms with van der Waals surface area (Å²) in [6, 6.07) is 1.57. The maximum atomic E-state index is 12.5. The smallest absolute Gasteiger partial charge is 0.403 e. The summed E-state index contributed by atoms with van der Waals surface area (Å²) in [5, 5.41) is 9.88. The van der Waals surface area contributed by atoms with Crippen LogP contribution in [0.15, 0.2) is 21.3 Å². The Bertz CT molecular complexity index is 824. The number of amides is 1. The molecule has 1 amide bonds. The van der Waals surface area contributed by atoms with Crippen LogP contribution in [0.5, 0.6) is 0 Å². The van der Waals surface area contributed by atoms with Crippen LogP contribution in [-0.4, -0.2) is 45.6 Å². The number of carbonyl (C=O) groups is 1. The third-order valence-electron chi connectivity index (χ3n) is 3.72. The average Bonchev–Trinajstić information content (AvgIpc) is 3.23. The number of pyridine rings is 1. The van der Waals surface area contributed by atoms with Crippen LogP contribution in [-0.2, 0) is 11.0 Å². The van der Waals surface area contributed by atoms with E-state index in [1.165, 1.54) is 0 Å². The van der Waals surface area contributed by atoms with Crippen LogP contribution in [0.4, 0.5) is 19.2 Å². The molecule has 0 saturated carbocycles. The molecule has 1 aliphatic rings. The molecule has 1 fully saturated rings. The monoisotopic (exact) mass is 357 g/mol. The van der Waals surface area contributed by atoms with E-state index in [1.807, 2.05) is 0 Å². The number of H-pyrrole nitrogens is 1. The molecule has 1 aliphatic heterocycles. The molecule has 0 atom stereocenters. The molecule has 8 nitrogen and oxygen atoms in total. The van der Waals surface area contributed by atoms with Gasteiger partial charge in [-0.1, -0.05) is 5.10 Å². The highest BCUT2D eigenvalue weighted by atomic mass is 19.4. The predicted molar refractivity (Wildman–Crippen MR) is 79.7 cm³/mol. The van der Waals surface area contributed by atoms with Crippen molar-refractivity contribution in [2.75, 3.05) is 25.0 Å². The van der Waals surface area contributed by atoms with Crippen molar-refractivity contribution in [3.63, 3.8) is 0 Å². The summed E-state index contributed by atoms with van der Waals surface area (Å²) in [7, 11) is 0. The summed E-state index contributed by atoms with van der Waals surface area (Å²) in [6.45, 7) is 1.36. The van der Waals surface area contributed by atoms with Crippen LogP contribution in [0.2, 0.25) is 0 Å². The highest BCUT2D eigenvalue weighted by Crippen LogP contribution is 2.27. The zero-order valence-electron chi connectivity index (χ0n) is 12.9. The molecule has 134 valence electrons. The van der Waals surface area contributed by atoms with Crippen molar-refractivity contribution in [1.82, 2.24) is 20.1 Å². The van der Waals surface area contributed by atoms with Gasteiger partial charge in [-0.3, -0.25) is 9.59 Å².